The Morgan fingerprint density at radius 2 is 2.00 bits per heavy atom. The highest BCUT2D eigenvalue weighted by Gasteiger charge is 2.43. The fourth-order valence-corrected chi connectivity index (χ4v) is 4.76. The Labute approximate surface area is 181 Å². The summed E-state index contributed by atoms with van der Waals surface area (Å²) in [6.07, 6.45) is 4.11. The van der Waals surface area contributed by atoms with E-state index in [0.29, 0.717) is 31.0 Å². The maximum absolute atomic E-state index is 13.1. The van der Waals surface area contributed by atoms with Crippen molar-refractivity contribution in [2.45, 2.75) is 44.8 Å². The maximum Gasteiger partial charge on any atom is 0.255 e. The van der Waals surface area contributed by atoms with E-state index in [1.54, 1.807) is 12.3 Å². The second-order valence-electron chi connectivity index (χ2n) is 8.55. The van der Waals surface area contributed by atoms with Crippen LogP contribution in [-0.2, 0) is 11.8 Å². The molecule has 5 rings (SSSR count). The molecule has 0 aliphatic carbocycles. The lowest BCUT2D eigenvalue weighted by Gasteiger charge is -2.44. The van der Waals surface area contributed by atoms with Crippen LogP contribution in [0.4, 0.5) is 0 Å². The minimum Gasteiger partial charge on any atom is -0.487 e. The molecule has 1 saturated heterocycles. The van der Waals surface area contributed by atoms with Crippen molar-refractivity contribution in [1.29, 1.82) is 0 Å². The van der Waals surface area contributed by atoms with Crippen molar-refractivity contribution in [1.82, 2.24) is 15.1 Å². The van der Waals surface area contributed by atoms with E-state index in [4.69, 9.17) is 13.9 Å². The molecule has 1 spiro atoms. The van der Waals surface area contributed by atoms with Gasteiger partial charge in [-0.15, -0.1) is 0 Å². The van der Waals surface area contributed by atoms with E-state index in [-0.39, 0.29) is 17.6 Å². The van der Waals surface area contributed by atoms with Crippen molar-refractivity contribution in [3.8, 4) is 17.0 Å². The van der Waals surface area contributed by atoms with Crippen LogP contribution in [0.5, 0.6) is 5.75 Å². The summed E-state index contributed by atoms with van der Waals surface area (Å²) in [4.78, 5) is 13.1. The van der Waals surface area contributed by atoms with Crippen LogP contribution in [0.25, 0.3) is 11.3 Å². The molecule has 1 atom stereocenters. The zero-order valence-corrected chi connectivity index (χ0v) is 18.1. The molecular formula is C24H27N3O4. The van der Waals surface area contributed by atoms with Gasteiger partial charge in [0.1, 0.15) is 22.9 Å². The molecule has 2 aliphatic heterocycles. The van der Waals surface area contributed by atoms with Gasteiger partial charge >= 0.3 is 0 Å². The SMILES string of the molecule is Cc1cc(C(=O)NC2CC3(CCOCC3)Oc3ccc(-c4ccnn4C)cc32)c(C)o1. The summed E-state index contributed by atoms with van der Waals surface area (Å²) in [5.74, 6) is 2.06. The second kappa shape index (κ2) is 7.57. The predicted molar refractivity (Wildman–Crippen MR) is 115 cm³/mol. The largest absolute Gasteiger partial charge is 0.487 e. The molecule has 1 aromatic carbocycles. The number of aryl methyl sites for hydroxylation is 3. The molecule has 2 aliphatic rings. The van der Waals surface area contributed by atoms with Crippen molar-refractivity contribution in [2.75, 3.05) is 13.2 Å². The number of carbonyl (C=O) groups is 1. The van der Waals surface area contributed by atoms with Gasteiger partial charge in [0.25, 0.3) is 5.91 Å². The number of carbonyl (C=O) groups excluding carboxylic acids is 1. The van der Waals surface area contributed by atoms with Gasteiger partial charge in [-0.05, 0) is 44.2 Å². The van der Waals surface area contributed by atoms with Gasteiger partial charge in [0.05, 0.1) is 30.5 Å². The average molecular weight is 421 g/mol. The summed E-state index contributed by atoms with van der Waals surface area (Å²) in [5, 5.41) is 7.55. The number of aromatic nitrogens is 2. The summed E-state index contributed by atoms with van der Waals surface area (Å²) in [5.41, 5.74) is 3.30. The third kappa shape index (κ3) is 3.63. The lowest BCUT2D eigenvalue weighted by atomic mass is 9.81. The highest BCUT2D eigenvalue weighted by Crippen LogP contribution is 2.45. The maximum atomic E-state index is 13.1. The van der Waals surface area contributed by atoms with Crippen LogP contribution in [0.2, 0.25) is 0 Å². The van der Waals surface area contributed by atoms with E-state index in [9.17, 15) is 4.79 Å². The molecule has 7 heteroatoms. The number of fused-ring (bicyclic) bond motifs is 1. The van der Waals surface area contributed by atoms with Crippen LogP contribution in [0.3, 0.4) is 0 Å². The normalized spacial score (nSPS) is 19.6. The van der Waals surface area contributed by atoms with Gasteiger partial charge in [-0.1, -0.05) is 0 Å². The van der Waals surface area contributed by atoms with Gasteiger partial charge in [-0.2, -0.15) is 5.10 Å². The van der Waals surface area contributed by atoms with E-state index in [2.05, 4.69) is 22.5 Å². The Kier molecular flexibility index (Phi) is 4.85. The van der Waals surface area contributed by atoms with E-state index >= 15 is 0 Å². The Morgan fingerprint density at radius 3 is 2.68 bits per heavy atom. The number of nitrogens with zero attached hydrogens (tertiary/aromatic N) is 2. The van der Waals surface area contributed by atoms with Gasteiger partial charge in [-0.25, -0.2) is 0 Å². The van der Waals surface area contributed by atoms with E-state index in [0.717, 1.165) is 41.2 Å². The monoisotopic (exact) mass is 421 g/mol. The molecule has 3 aromatic rings. The molecule has 0 radical (unpaired) electrons. The van der Waals surface area contributed by atoms with E-state index < -0.39 is 0 Å². The fourth-order valence-electron chi connectivity index (χ4n) is 4.76. The summed E-state index contributed by atoms with van der Waals surface area (Å²) in [7, 11) is 1.92. The van der Waals surface area contributed by atoms with Gasteiger partial charge < -0.3 is 19.2 Å². The fraction of sp³-hybridized carbons (Fsp3) is 0.417. The third-order valence-electron chi connectivity index (χ3n) is 6.40. The standard InChI is InChI=1S/C24H27N3O4/c1-15-12-18(16(2)30-15)23(28)26-20-14-24(7-10-29-11-8-24)31-22-5-4-17(13-19(20)22)21-6-9-25-27(21)3/h4-6,9,12-13,20H,7-8,10-11,14H2,1-3H3,(H,26,28). The minimum absolute atomic E-state index is 0.125. The minimum atomic E-state index is -0.321. The lowest BCUT2D eigenvalue weighted by molar-refractivity contribution is -0.0639. The molecule has 0 bridgehead atoms. The zero-order valence-electron chi connectivity index (χ0n) is 18.1. The molecule has 1 N–H and O–H groups in total. The Balaban J connectivity index is 1.52. The number of hydrogen-bond donors (Lipinski definition) is 1. The number of hydrogen-bond acceptors (Lipinski definition) is 5. The number of rotatable bonds is 3. The summed E-state index contributed by atoms with van der Waals surface area (Å²) in [6.45, 7) is 5.01. The Morgan fingerprint density at radius 1 is 1.19 bits per heavy atom. The molecule has 31 heavy (non-hydrogen) atoms. The topological polar surface area (TPSA) is 78.5 Å². The number of benzene rings is 1. The average Bonchev–Trinajstić information content (AvgIpc) is 3.32. The molecule has 1 fully saturated rings. The number of furan rings is 1. The van der Waals surface area contributed by atoms with Gasteiger partial charge in [-0.3, -0.25) is 9.48 Å². The molecular weight excluding hydrogens is 394 g/mol. The molecule has 7 nitrogen and oxygen atoms in total. The summed E-state index contributed by atoms with van der Waals surface area (Å²) < 4.78 is 19.5. The number of ether oxygens (including phenoxy) is 2. The van der Waals surface area contributed by atoms with Crippen LogP contribution in [0.1, 0.15) is 52.7 Å². The van der Waals surface area contributed by atoms with Crippen molar-refractivity contribution in [2.24, 2.45) is 7.05 Å². The van der Waals surface area contributed by atoms with Crippen LogP contribution < -0.4 is 10.1 Å². The lowest BCUT2D eigenvalue weighted by Crippen LogP contribution is -2.48. The van der Waals surface area contributed by atoms with Crippen LogP contribution in [0.15, 0.2) is 40.9 Å². The Bertz CT molecular complexity index is 1120. The molecule has 2 aromatic heterocycles. The predicted octanol–water partition coefficient (Wildman–Crippen LogP) is 4.10. The van der Waals surface area contributed by atoms with Gasteiger partial charge in [0, 0.05) is 43.6 Å². The Hall–Kier alpha value is -3.06. The molecule has 1 amide bonds. The number of amides is 1. The quantitative estimate of drug-likeness (QED) is 0.689. The van der Waals surface area contributed by atoms with Crippen molar-refractivity contribution in [3.63, 3.8) is 0 Å². The first kappa shape index (κ1) is 19.9. The van der Waals surface area contributed by atoms with Crippen molar-refractivity contribution in [3.05, 3.63) is 59.2 Å². The first-order chi connectivity index (χ1) is 14.9. The van der Waals surface area contributed by atoms with Crippen LogP contribution in [0, 0.1) is 13.8 Å². The zero-order chi connectivity index (χ0) is 21.6. The van der Waals surface area contributed by atoms with E-state index in [1.807, 2.05) is 37.7 Å². The summed E-state index contributed by atoms with van der Waals surface area (Å²) in [6, 6.07) is 9.78. The second-order valence-corrected chi connectivity index (χ2v) is 8.55. The molecule has 4 heterocycles. The van der Waals surface area contributed by atoms with E-state index in [1.165, 1.54) is 0 Å². The first-order valence-corrected chi connectivity index (χ1v) is 10.7. The highest BCUT2D eigenvalue weighted by atomic mass is 16.5. The highest BCUT2D eigenvalue weighted by molar-refractivity contribution is 5.95. The molecule has 1 unspecified atom stereocenters. The third-order valence-corrected chi connectivity index (χ3v) is 6.40. The van der Waals surface area contributed by atoms with Crippen LogP contribution >= 0.6 is 0 Å². The van der Waals surface area contributed by atoms with Crippen LogP contribution in [-0.4, -0.2) is 34.5 Å². The van der Waals surface area contributed by atoms with Crippen molar-refractivity contribution >= 4 is 5.91 Å². The number of nitrogens with one attached hydrogen (secondary N) is 1. The van der Waals surface area contributed by atoms with Gasteiger partial charge in [0.2, 0.25) is 0 Å². The van der Waals surface area contributed by atoms with Gasteiger partial charge in [0.15, 0.2) is 0 Å². The smallest absolute Gasteiger partial charge is 0.255 e. The molecule has 162 valence electrons. The molecule has 0 saturated carbocycles. The van der Waals surface area contributed by atoms with Crippen molar-refractivity contribution < 1.29 is 18.7 Å². The summed E-state index contributed by atoms with van der Waals surface area (Å²) >= 11 is 0. The first-order valence-electron chi connectivity index (χ1n) is 10.7.